The molecule has 0 aliphatic rings. The third-order valence-electron chi connectivity index (χ3n) is 2.95. The van der Waals surface area contributed by atoms with Gasteiger partial charge in [-0.1, -0.05) is 24.3 Å². The Morgan fingerprint density at radius 1 is 1.18 bits per heavy atom. The van der Waals surface area contributed by atoms with Gasteiger partial charge in [-0.05, 0) is 6.07 Å². The average Bonchev–Trinajstić information content (AvgIpc) is 2.50. The first-order valence-corrected chi connectivity index (χ1v) is 6.19. The molecule has 0 aliphatic carbocycles. The lowest BCUT2D eigenvalue weighted by molar-refractivity contribution is -0.0585. The highest BCUT2D eigenvalue weighted by Crippen LogP contribution is 2.22. The third kappa shape index (κ3) is 3.13. The highest BCUT2D eigenvalue weighted by Gasteiger charge is 2.33. The van der Waals surface area contributed by atoms with Crippen LogP contribution in [0.5, 0.6) is 0 Å². The summed E-state index contributed by atoms with van der Waals surface area (Å²) >= 11 is 0. The summed E-state index contributed by atoms with van der Waals surface area (Å²) in [6.07, 6.45) is -2.77. The van der Waals surface area contributed by atoms with Crippen LogP contribution in [0.4, 0.5) is 13.2 Å². The Kier molecular flexibility index (Phi) is 4.25. The van der Waals surface area contributed by atoms with Crippen LogP contribution in [-0.4, -0.2) is 29.7 Å². The van der Waals surface area contributed by atoms with Gasteiger partial charge in [0.15, 0.2) is 0 Å². The molecule has 0 unspecified atom stereocenters. The summed E-state index contributed by atoms with van der Waals surface area (Å²) < 4.78 is 42.2. The number of ether oxygens (including phenoxy) is 1. The fraction of sp³-hybridized carbons (Fsp3) is 0.133. The van der Waals surface area contributed by atoms with Gasteiger partial charge in [-0.25, -0.2) is 0 Å². The maximum atomic E-state index is 12.5. The van der Waals surface area contributed by atoms with Crippen LogP contribution in [0.1, 0.15) is 5.56 Å². The zero-order chi connectivity index (χ0) is 16.3. The average molecular weight is 307 g/mol. The standard InChI is InChI=1S/C15H12F3N3O/c1-22-11(8-12(19)15(16,17)18)13(20)10-6-2-4-9-5-3-7-21-14(9)10/h2-8,19-20H,1H3/b11-8+,19-12?,20-13?. The van der Waals surface area contributed by atoms with Gasteiger partial charge in [-0.2, -0.15) is 13.2 Å². The van der Waals surface area contributed by atoms with E-state index in [9.17, 15) is 13.2 Å². The van der Waals surface area contributed by atoms with E-state index in [1.165, 1.54) is 6.20 Å². The molecule has 1 aromatic carbocycles. The Morgan fingerprint density at radius 2 is 1.86 bits per heavy atom. The van der Waals surface area contributed by atoms with Crippen molar-refractivity contribution in [2.45, 2.75) is 6.18 Å². The van der Waals surface area contributed by atoms with E-state index in [-0.39, 0.29) is 11.5 Å². The van der Waals surface area contributed by atoms with Crippen molar-refractivity contribution < 1.29 is 17.9 Å². The highest BCUT2D eigenvalue weighted by atomic mass is 19.4. The number of hydrogen-bond acceptors (Lipinski definition) is 4. The molecule has 114 valence electrons. The highest BCUT2D eigenvalue weighted by molar-refractivity contribution is 6.18. The van der Waals surface area contributed by atoms with Crippen LogP contribution in [-0.2, 0) is 4.74 Å². The quantitative estimate of drug-likeness (QED) is 0.667. The number of hydrogen-bond donors (Lipinski definition) is 2. The molecule has 0 atom stereocenters. The van der Waals surface area contributed by atoms with E-state index in [1.807, 2.05) is 0 Å². The smallest absolute Gasteiger partial charge is 0.432 e. The molecule has 4 nitrogen and oxygen atoms in total. The summed E-state index contributed by atoms with van der Waals surface area (Å²) in [6, 6.07) is 8.54. The molecular weight excluding hydrogens is 295 g/mol. The molecule has 7 heteroatoms. The van der Waals surface area contributed by atoms with Crippen LogP contribution in [0.2, 0.25) is 0 Å². The van der Waals surface area contributed by atoms with E-state index in [4.69, 9.17) is 15.6 Å². The molecule has 2 aromatic rings. The van der Waals surface area contributed by atoms with E-state index >= 15 is 0 Å². The summed E-state index contributed by atoms with van der Waals surface area (Å²) in [6.45, 7) is 0. The van der Waals surface area contributed by atoms with Gasteiger partial charge in [0.25, 0.3) is 0 Å². The maximum Gasteiger partial charge on any atom is 0.432 e. The first kappa shape index (κ1) is 15.7. The molecule has 22 heavy (non-hydrogen) atoms. The number of alkyl halides is 3. The molecule has 0 aliphatic heterocycles. The number of benzene rings is 1. The lowest BCUT2D eigenvalue weighted by Gasteiger charge is -2.11. The Morgan fingerprint density at radius 3 is 2.50 bits per heavy atom. The molecule has 2 N–H and O–H groups in total. The molecule has 1 aromatic heterocycles. The summed E-state index contributed by atoms with van der Waals surface area (Å²) in [7, 11) is 1.16. The van der Waals surface area contributed by atoms with E-state index in [0.717, 1.165) is 12.5 Å². The van der Waals surface area contributed by atoms with Gasteiger partial charge in [0.2, 0.25) is 0 Å². The molecule has 0 amide bonds. The summed E-state index contributed by atoms with van der Waals surface area (Å²) in [5.74, 6) is -0.347. The number of pyridine rings is 1. The number of halogens is 3. The van der Waals surface area contributed by atoms with E-state index in [0.29, 0.717) is 17.2 Å². The van der Waals surface area contributed by atoms with Crippen molar-refractivity contribution in [3.05, 3.63) is 53.9 Å². The van der Waals surface area contributed by atoms with Crippen molar-refractivity contribution in [3.63, 3.8) is 0 Å². The number of para-hydroxylation sites is 1. The zero-order valence-corrected chi connectivity index (χ0v) is 11.5. The molecule has 0 saturated carbocycles. The van der Waals surface area contributed by atoms with Gasteiger partial charge in [-0.15, -0.1) is 0 Å². The summed E-state index contributed by atoms with van der Waals surface area (Å²) in [4.78, 5) is 4.15. The van der Waals surface area contributed by atoms with Crippen LogP contribution in [0.25, 0.3) is 10.9 Å². The predicted octanol–water partition coefficient (Wildman–Crippen LogP) is 3.72. The second kappa shape index (κ2) is 5.97. The molecule has 0 fully saturated rings. The molecule has 0 bridgehead atoms. The van der Waals surface area contributed by atoms with Crippen molar-refractivity contribution in [2.75, 3.05) is 7.11 Å². The number of allylic oxidation sites excluding steroid dienone is 2. The van der Waals surface area contributed by atoms with Gasteiger partial charge in [0.1, 0.15) is 17.2 Å². The van der Waals surface area contributed by atoms with Gasteiger partial charge >= 0.3 is 6.18 Å². The fourth-order valence-corrected chi connectivity index (χ4v) is 1.88. The largest absolute Gasteiger partial charge is 0.494 e. The van der Waals surface area contributed by atoms with Crippen LogP contribution in [0.3, 0.4) is 0 Å². The second-order valence-corrected chi connectivity index (χ2v) is 4.38. The van der Waals surface area contributed by atoms with Crippen molar-refractivity contribution in [1.29, 1.82) is 10.8 Å². The van der Waals surface area contributed by atoms with E-state index in [2.05, 4.69) is 4.98 Å². The first-order valence-electron chi connectivity index (χ1n) is 6.19. The van der Waals surface area contributed by atoms with Crippen molar-refractivity contribution in [2.24, 2.45) is 0 Å². The van der Waals surface area contributed by atoms with Gasteiger partial charge in [0, 0.05) is 23.2 Å². The fourth-order valence-electron chi connectivity index (χ4n) is 1.88. The van der Waals surface area contributed by atoms with Crippen LogP contribution >= 0.6 is 0 Å². The SMILES string of the molecule is CO/C(=C/C(=N)C(F)(F)F)C(=N)c1cccc2cccnc12. The number of fused-ring (bicyclic) bond motifs is 1. The molecular formula is C15H12F3N3O. The Hall–Kier alpha value is -2.70. The van der Waals surface area contributed by atoms with Gasteiger partial charge in [0.05, 0.1) is 12.6 Å². The van der Waals surface area contributed by atoms with Gasteiger partial charge < -0.3 is 4.74 Å². The van der Waals surface area contributed by atoms with Gasteiger partial charge in [-0.3, -0.25) is 15.8 Å². The minimum atomic E-state index is -4.79. The zero-order valence-electron chi connectivity index (χ0n) is 11.5. The lowest BCUT2D eigenvalue weighted by Crippen LogP contribution is -2.21. The van der Waals surface area contributed by atoms with Crippen LogP contribution < -0.4 is 0 Å². The van der Waals surface area contributed by atoms with E-state index in [1.54, 1.807) is 30.3 Å². The maximum absolute atomic E-state index is 12.5. The summed E-state index contributed by atoms with van der Waals surface area (Å²) in [5.41, 5.74) is -1.03. The lowest BCUT2D eigenvalue weighted by atomic mass is 10.0. The number of aromatic nitrogens is 1. The predicted molar refractivity (Wildman–Crippen MR) is 77.4 cm³/mol. The molecule has 1 heterocycles. The number of methoxy groups -OCH3 is 1. The second-order valence-electron chi connectivity index (χ2n) is 4.38. The Balaban J connectivity index is 2.48. The third-order valence-corrected chi connectivity index (χ3v) is 2.95. The number of nitrogens with one attached hydrogen (secondary N) is 2. The van der Waals surface area contributed by atoms with Crippen molar-refractivity contribution in [1.82, 2.24) is 4.98 Å². The van der Waals surface area contributed by atoms with Crippen LogP contribution in [0, 0.1) is 10.8 Å². The molecule has 0 spiro atoms. The Bertz CT molecular complexity index is 761. The molecule has 0 saturated heterocycles. The molecule has 2 rings (SSSR count). The topological polar surface area (TPSA) is 69.8 Å². The van der Waals surface area contributed by atoms with Crippen molar-refractivity contribution in [3.8, 4) is 0 Å². The number of nitrogens with zero attached hydrogens (tertiary/aromatic N) is 1. The van der Waals surface area contributed by atoms with Crippen molar-refractivity contribution >= 4 is 22.3 Å². The first-order chi connectivity index (χ1) is 10.3. The van der Waals surface area contributed by atoms with Crippen LogP contribution in [0.15, 0.2) is 48.4 Å². The minimum absolute atomic E-state index is 0.263. The summed E-state index contributed by atoms with van der Waals surface area (Å²) in [5, 5.41) is 15.8. The normalized spacial score (nSPS) is 12.3. The number of rotatable bonds is 4. The monoisotopic (exact) mass is 307 g/mol. The van der Waals surface area contributed by atoms with E-state index < -0.39 is 11.9 Å². The minimum Gasteiger partial charge on any atom is -0.494 e. The Labute approximate surface area is 124 Å². The molecule has 0 radical (unpaired) electrons.